The Balaban J connectivity index is 1.57. The number of fused-ring (bicyclic) bond motifs is 5. The molecule has 0 amide bonds. The first-order chi connectivity index (χ1) is 21.7. The zero-order valence-corrected chi connectivity index (χ0v) is 25.4. The predicted octanol–water partition coefficient (Wildman–Crippen LogP) is 3.46. The first kappa shape index (κ1) is 32.0. The van der Waals surface area contributed by atoms with Gasteiger partial charge < -0.3 is 42.0 Å². The lowest BCUT2D eigenvalue weighted by atomic mass is 9.99. The monoisotopic (exact) mass is 640 g/mol. The molecular weight excluding hydrogens is 612 g/mol. The molecule has 1 saturated heterocycles. The quantitative estimate of drug-likeness (QED) is 0.123. The topological polar surface area (TPSA) is 193 Å². The van der Waals surface area contributed by atoms with E-state index < -0.39 is 66.2 Å². The van der Waals surface area contributed by atoms with Gasteiger partial charge in [0.2, 0.25) is 18.1 Å². The number of ether oxygens (including phenoxy) is 7. The molecule has 0 saturated carbocycles. The van der Waals surface area contributed by atoms with Crippen molar-refractivity contribution in [1.82, 2.24) is 0 Å². The molecule has 46 heavy (non-hydrogen) atoms. The third-order valence-corrected chi connectivity index (χ3v) is 6.77. The van der Waals surface area contributed by atoms with Gasteiger partial charge in [0.05, 0.1) is 11.5 Å². The number of carbonyl (C=O) groups excluding carboxylic acids is 5. The fraction of sp³-hybridized carbons (Fsp3) is 0.355. The van der Waals surface area contributed by atoms with E-state index in [1.54, 1.807) is 6.92 Å². The maximum Gasteiger partial charge on any atom is 0.348 e. The smallest absolute Gasteiger partial charge is 0.348 e. The Kier molecular flexibility index (Phi) is 8.70. The van der Waals surface area contributed by atoms with Gasteiger partial charge >= 0.3 is 35.5 Å². The Bertz CT molecular complexity index is 1950. The molecule has 1 aliphatic rings. The number of benzene rings is 2. The highest BCUT2D eigenvalue weighted by Gasteiger charge is 2.51. The fourth-order valence-electron chi connectivity index (χ4n) is 5.19. The summed E-state index contributed by atoms with van der Waals surface area (Å²) in [6, 6.07) is 7.30. The largest absolute Gasteiger partial charge is 0.461 e. The van der Waals surface area contributed by atoms with Crippen LogP contribution >= 0.6 is 0 Å². The molecule has 1 fully saturated rings. The van der Waals surface area contributed by atoms with E-state index in [9.17, 15) is 28.8 Å². The molecule has 0 N–H and O–H groups in total. The number of hydrogen-bond acceptors (Lipinski definition) is 15. The average Bonchev–Trinajstić information content (AvgIpc) is 3.33. The van der Waals surface area contributed by atoms with Gasteiger partial charge in [0.1, 0.15) is 16.7 Å². The average molecular weight is 641 g/mol. The highest BCUT2D eigenvalue weighted by molar-refractivity contribution is 6.14. The summed E-state index contributed by atoms with van der Waals surface area (Å²) >= 11 is 0. The molecule has 5 rings (SSSR count). The van der Waals surface area contributed by atoms with Crippen LogP contribution in [0.2, 0.25) is 0 Å². The van der Waals surface area contributed by atoms with Crippen LogP contribution in [0.15, 0.2) is 44.0 Å². The maximum atomic E-state index is 13.2. The molecule has 1 aliphatic heterocycles. The summed E-state index contributed by atoms with van der Waals surface area (Å²) in [5, 5.41) is 0.654. The fourth-order valence-corrected chi connectivity index (χ4v) is 5.19. The van der Waals surface area contributed by atoms with E-state index in [1.165, 1.54) is 37.3 Å². The maximum absolute atomic E-state index is 13.2. The van der Waals surface area contributed by atoms with Crippen LogP contribution in [-0.4, -0.2) is 60.6 Å². The van der Waals surface area contributed by atoms with Crippen LogP contribution < -0.4 is 19.8 Å². The lowest BCUT2D eigenvalue weighted by molar-refractivity contribution is -0.280. The minimum Gasteiger partial charge on any atom is -0.461 e. The molecular formula is C31H28O15. The van der Waals surface area contributed by atoms with Crippen LogP contribution in [-0.2, 0) is 42.9 Å². The van der Waals surface area contributed by atoms with Crippen molar-refractivity contribution in [2.24, 2.45) is 0 Å². The van der Waals surface area contributed by atoms with Gasteiger partial charge in [-0.05, 0) is 31.2 Å². The second-order valence-corrected chi connectivity index (χ2v) is 10.4. The summed E-state index contributed by atoms with van der Waals surface area (Å²) in [4.78, 5) is 72.4. The van der Waals surface area contributed by atoms with Crippen molar-refractivity contribution in [1.29, 1.82) is 0 Å². The van der Waals surface area contributed by atoms with E-state index in [0.717, 1.165) is 27.7 Å². The Morgan fingerprint density at radius 1 is 0.674 bits per heavy atom. The van der Waals surface area contributed by atoms with Crippen LogP contribution in [0.3, 0.4) is 0 Å². The summed E-state index contributed by atoms with van der Waals surface area (Å²) in [6.07, 6.45) is -5.94. The van der Waals surface area contributed by atoms with E-state index in [0.29, 0.717) is 5.39 Å². The van der Waals surface area contributed by atoms with Crippen molar-refractivity contribution in [3.63, 3.8) is 0 Å². The minimum atomic E-state index is -1.35. The van der Waals surface area contributed by atoms with Gasteiger partial charge in [-0.25, -0.2) is 4.79 Å². The molecule has 2 aromatic carbocycles. The standard InChI is InChI=1S/C31H28O15/c1-12-24(40-14(3)33)28(42-16(5)35)29(43-17(6)36)31(38-12)44-18-7-8-19-22(11-18)45-25-20-9-10-21(39-13(2)32)27(41-15(4)34)26(20)46-30(37)23(19)25/h7-12,24,28-29,31H,1-6H3/t12-,24-,28+,29+,31+/m1/s1. The minimum absolute atomic E-state index is 0.0718. The van der Waals surface area contributed by atoms with E-state index in [-0.39, 0.29) is 44.8 Å². The van der Waals surface area contributed by atoms with Gasteiger partial charge in [-0.15, -0.1) is 0 Å². The van der Waals surface area contributed by atoms with Crippen LogP contribution in [0.4, 0.5) is 0 Å². The zero-order chi connectivity index (χ0) is 33.4. The second-order valence-electron chi connectivity index (χ2n) is 10.4. The first-order valence-electron chi connectivity index (χ1n) is 13.9. The molecule has 4 aromatic rings. The van der Waals surface area contributed by atoms with Gasteiger partial charge in [-0.2, -0.15) is 0 Å². The van der Waals surface area contributed by atoms with Gasteiger partial charge in [0.15, 0.2) is 29.1 Å². The molecule has 3 heterocycles. The van der Waals surface area contributed by atoms with Crippen molar-refractivity contribution >= 4 is 62.8 Å². The predicted molar refractivity (Wildman–Crippen MR) is 154 cm³/mol. The van der Waals surface area contributed by atoms with Crippen LogP contribution in [0, 0.1) is 0 Å². The molecule has 0 bridgehead atoms. The van der Waals surface area contributed by atoms with Crippen molar-refractivity contribution in [2.45, 2.75) is 72.2 Å². The van der Waals surface area contributed by atoms with Crippen LogP contribution in [0.1, 0.15) is 41.5 Å². The molecule has 5 atom stereocenters. The Labute approximate surface area is 259 Å². The van der Waals surface area contributed by atoms with Crippen molar-refractivity contribution in [3.05, 3.63) is 40.8 Å². The Hall–Kier alpha value is -5.44. The number of furan rings is 1. The van der Waals surface area contributed by atoms with E-state index in [2.05, 4.69) is 0 Å². The van der Waals surface area contributed by atoms with Crippen molar-refractivity contribution < 1.29 is 66.0 Å². The third kappa shape index (κ3) is 6.35. The normalized spacial score (nSPS) is 21.0. The molecule has 15 nitrogen and oxygen atoms in total. The molecule has 2 aromatic heterocycles. The lowest BCUT2D eigenvalue weighted by Gasteiger charge is -2.43. The number of esters is 5. The Morgan fingerprint density at radius 2 is 1.28 bits per heavy atom. The van der Waals surface area contributed by atoms with Gasteiger partial charge in [-0.1, -0.05) is 0 Å². The van der Waals surface area contributed by atoms with Gasteiger partial charge in [-0.3, -0.25) is 24.0 Å². The van der Waals surface area contributed by atoms with Crippen LogP contribution in [0.25, 0.3) is 32.9 Å². The molecule has 15 heteroatoms. The van der Waals surface area contributed by atoms with Gasteiger partial charge in [0, 0.05) is 46.1 Å². The Morgan fingerprint density at radius 3 is 1.91 bits per heavy atom. The van der Waals surface area contributed by atoms with Crippen LogP contribution in [0.5, 0.6) is 17.2 Å². The van der Waals surface area contributed by atoms with E-state index in [4.69, 9.17) is 42.0 Å². The molecule has 0 spiro atoms. The first-order valence-corrected chi connectivity index (χ1v) is 13.9. The zero-order valence-electron chi connectivity index (χ0n) is 25.4. The summed E-state index contributed by atoms with van der Waals surface area (Å²) in [5.74, 6) is -3.87. The summed E-state index contributed by atoms with van der Waals surface area (Å²) in [5.41, 5.74) is -0.758. The van der Waals surface area contributed by atoms with E-state index >= 15 is 0 Å². The third-order valence-electron chi connectivity index (χ3n) is 6.77. The highest BCUT2D eigenvalue weighted by Crippen LogP contribution is 2.41. The SMILES string of the molecule is CC(=O)Oc1ccc2c(oc(=O)c3c4ccc(O[C@@H]5O[C@H](C)[C@@H](OC(C)=O)[C@H](OC(C)=O)[C@@H]5OC(C)=O)cc4oc23)c1OC(C)=O. The van der Waals surface area contributed by atoms with E-state index in [1.807, 2.05) is 0 Å². The molecule has 0 unspecified atom stereocenters. The summed E-state index contributed by atoms with van der Waals surface area (Å²) < 4.78 is 50.1. The number of rotatable bonds is 7. The van der Waals surface area contributed by atoms with Crippen molar-refractivity contribution in [2.75, 3.05) is 0 Å². The molecule has 0 radical (unpaired) electrons. The molecule has 242 valence electrons. The summed E-state index contributed by atoms with van der Waals surface area (Å²) in [6.45, 7) is 7.30. The second kappa shape index (κ2) is 12.5. The van der Waals surface area contributed by atoms with Crippen molar-refractivity contribution in [3.8, 4) is 17.2 Å². The van der Waals surface area contributed by atoms with Gasteiger partial charge in [0.25, 0.3) is 0 Å². The summed E-state index contributed by atoms with van der Waals surface area (Å²) in [7, 11) is 0. The molecule has 0 aliphatic carbocycles. The lowest BCUT2D eigenvalue weighted by Crippen LogP contribution is -2.62. The highest BCUT2D eigenvalue weighted by atomic mass is 16.7. The number of hydrogen-bond donors (Lipinski definition) is 0. The number of carbonyl (C=O) groups is 5.